The van der Waals surface area contributed by atoms with Crippen LogP contribution in [0.15, 0.2) is 96.0 Å². The number of H-pyrrole nitrogens is 1. The van der Waals surface area contributed by atoms with E-state index >= 15 is 0 Å². The van der Waals surface area contributed by atoms with Crippen molar-refractivity contribution in [2.45, 2.75) is 106 Å². The third-order valence-corrected chi connectivity index (χ3v) is 21.6. The van der Waals surface area contributed by atoms with Crippen LogP contribution in [0, 0.1) is 28.4 Å². The topological polar surface area (TPSA) is 244 Å². The Morgan fingerprint density at radius 3 is 2.36 bits per heavy atom. The first-order chi connectivity index (χ1) is 42.3. The number of rotatable bonds is 11. The molecule has 0 bridgehead atoms. The molecule has 4 aromatic carbocycles. The average Bonchev–Trinajstić information content (AvgIpc) is 2.59. The number of carbonyl (C=O) groups excluding carboxylic acids is 3. The maximum atomic E-state index is 15.0. The van der Waals surface area contributed by atoms with Crippen molar-refractivity contribution in [1.82, 2.24) is 24.5 Å². The van der Waals surface area contributed by atoms with E-state index < -0.39 is 37.5 Å². The molecule has 1 saturated carbocycles. The van der Waals surface area contributed by atoms with Crippen molar-refractivity contribution in [3.05, 3.63) is 129 Å². The number of fused-ring (bicyclic) bond motifs is 5. The van der Waals surface area contributed by atoms with E-state index in [1.165, 1.54) is 22.1 Å². The molecule has 3 N–H and O–H groups in total. The molecule has 1 aliphatic carbocycles. The number of hydrogen-bond acceptors (Lipinski definition) is 18. The summed E-state index contributed by atoms with van der Waals surface area (Å²) in [7, 11) is -4.74. The number of aromatic nitrogens is 2. The molecule has 9 aliphatic rings. The molecule has 0 unspecified atom stereocenters. The van der Waals surface area contributed by atoms with Gasteiger partial charge in [-0.15, -0.1) is 0 Å². The summed E-state index contributed by atoms with van der Waals surface area (Å²) in [6.07, 6.45) is 8.64. The zero-order valence-corrected chi connectivity index (χ0v) is 49.3. The summed E-state index contributed by atoms with van der Waals surface area (Å²) in [5.74, 6) is -0.827. The Kier molecular flexibility index (Phi) is 14.1. The molecule has 4 atom stereocenters. The minimum Gasteiger partial charge on any atom is -0.489 e. The number of nitro groups is 1. The number of hydrogen-bond donors (Lipinski definition) is 3. The zero-order chi connectivity index (χ0) is 59.3. The van der Waals surface area contributed by atoms with E-state index in [4.69, 9.17) is 28.7 Å². The average molecular weight is 1200 g/mol. The first-order valence-corrected chi connectivity index (χ1v) is 32.2. The van der Waals surface area contributed by atoms with Gasteiger partial charge in [0.05, 0.1) is 62.6 Å². The highest BCUT2D eigenvalue weighted by Crippen LogP contribution is 2.54. The Balaban J connectivity index is 0.694. The molecule has 0 radical (unpaired) electrons. The molecule has 5 saturated heterocycles. The largest absolute Gasteiger partial charge is 0.489 e. The van der Waals surface area contributed by atoms with Gasteiger partial charge < -0.3 is 48.7 Å². The van der Waals surface area contributed by atoms with Crippen LogP contribution in [0.3, 0.4) is 0 Å². The molecule has 10 heterocycles. The Bertz CT molecular complexity index is 3850. The Morgan fingerprint density at radius 1 is 0.782 bits per heavy atom. The number of benzene rings is 4. The van der Waals surface area contributed by atoms with Gasteiger partial charge in [-0.25, -0.2) is 13.1 Å². The predicted molar refractivity (Wildman–Crippen MR) is 323 cm³/mol. The predicted octanol–water partition coefficient (Wildman–Crippen LogP) is 8.27. The van der Waals surface area contributed by atoms with Gasteiger partial charge in [0.15, 0.2) is 11.4 Å². The highest BCUT2D eigenvalue weighted by atomic mass is 32.2. The van der Waals surface area contributed by atoms with E-state index in [-0.39, 0.29) is 77.5 Å². The van der Waals surface area contributed by atoms with E-state index in [9.17, 15) is 32.9 Å². The molecule has 1 spiro atoms. The number of sulfonamides is 1. The third-order valence-electron chi connectivity index (χ3n) is 20.2. The lowest BCUT2D eigenvalue weighted by atomic mass is 9.59. The lowest BCUT2D eigenvalue weighted by molar-refractivity contribution is -0.384. The summed E-state index contributed by atoms with van der Waals surface area (Å²) < 4.78 is 61.0. The summed E-state index contributed by atoms with van der Waals surface area (Å²) >= 11 is 0. The minimum atomic E-state index is -4.74. The van der Waals surface area contributed by atoms with Gasteiger partial charge in [-0.2, -0.15) is 4.98 Å². The molecule has 6 aromatic rings. The number of piperidine rings is 1. The second-order valence-corrected chi connectivity index (χ2v) is 26.7. The fourth-order valence-corrected chi connectivity index (χ4v) is 16.5. The van der Waals surface area contributed by atoms with Gasteiger partial charge in [-0.05, 0) is 130 Å². The standard InChI is InChI=1S/C64H70N10O12S/c1-38-5-2-3-6-45(38)54-35-70(50-8-4-7-47-57(50)63(77)72(62(47)76)41-14-26-83-27-15-41)22-23-71(54)43-33-64(34-43)17-20-69(21-18-64)42-9-10-46(51(30-42)73-49-16-28-84-37-56(49)86-61-53(73)29-40-11-19-65-59(40)67-61)60(75)68-87(80,81)44-31-52(74(78)79)58-55(32-44)85-36-48(66-58)39-12-24-82-25-13-39/h2-11,19,29-32,39,41,43,48-49,54,56,66H,12-18,20-28,33-37H2,1H3,(H,65,67)(H,68,75)/t48-,49-,54-,56-/m0/s1. The summed E-state index contributed by atoms with van der Waals surface area (Å²) in [6, 6.07) is 25.6. The lowest BCUT2D eigenvalue weighted by Crippen LogP contribution is -2.60. The molecule has 454 valence electrons. The van der Waals surface area contributed by atoms with Crippen molar-refractivity contribution >= 4 is 72.9 Å². The second-order valence-electron chi connectivity index (χ2n) is 25.0. The molecule has 8 aliphatic heterocycles. The number of amides is 3. The van der Waals surface area contributed by atoms with Crippen LogP contribution in [0.25, 0.3) is 11.0 Å². The molecule has 3 amide bonds. The van der Waals surface area contributed by atoms with Crippen molar-refractivity contribution in [2.24, 2.45) is 11.3 Å². The Morgan fingerprint density at radius 2 is 1.56 bits per heavy atom. The van der Waals surface area contributed by atoms with E-state index in [0.717, 1.165) is 81.0 Å². The fourth-order valence-electron chi connectivity index (χ4n) is 15.5. The number of ether oxygens (including phenoxy) is 5. The van der Waals surface area contributed by atoms with E-state index in [2.05, 4.69) is 65.8 Å². The maximum Gasteiger partial charge on any atom is 0.297 e. The van der Waals surface area contributed by atoms with Gasteiger partial charge in [-0.1, -0.05) is 30.3 Å². The summed E-state index contributed by atoms with van der Waals surface area (Å²) in [4.78, 5) is 73.6. The van der Waals surface area contributed by atoms with Crippen LogP contribution in [0.1, 0.15) is 106 Å². The van der Waals surface area contributed by atoms with Gasteiger partial charge in [0.1, 0.15) is 24.0 Å². The number of anilines is 5. The lowest BCUT2D eigenvalue weighted by Gasteiger charge is -2.58. The zero-order valence-electron chi connectivity index (χ0n) is 48.5. The normalized spacial score (nSPS) is 24.3. The Labute approximate surface area is 503 Å². The second kappa shape index (κ2) is 22.1. The van der Waals surface area contributed by atoms with Crippen molar-refractivity contribution in [2.75, 3.05) is 99.0 Å². The number of nitrogens with one attached hydrogen (secondary N) is 3. The SMILES string of the molecule is Cc1ccccc1[C@@H]1CN(c2cccc3c2C(=O)N(C2CCOCC2)C3=O)CCN1C1CC2(CCN(c3ccc(C(=O)NS(=O)(=O)c4cc5c(c([N+](=O)[O-])c4)N[C@H](C4CCOCC4)CO5)c(N4c5cc6cc[nH]c6nc5O[C@H]5COCC[C@@H]54)c3)CC2)C1. The van der Waals surface area contributed by atoms with Crippen LogP contribution in [-0.4, -0.2) is 160 Å². The molecule has 23 heteroatoms. The quantitative estimate of drug-likeness (QED) is 0.0628. The molecule has 15 rings (SSSR count). The summed E-state index contributed by atoms with van der Waals surface area (Å²) in [6.45, 7) is 8.97. The van der Waals surface area contributed by atoms with Crippen molar-refractivity contribution in [1.29, 1.82) is 0 Å². The number of pyridine rings is 1. The van der Waals surface area contributed by atoms with Crippen LogP contribution < -0.4 is 34.2 Å². The molecular weight excluding hydrogens is 1130 g/mol. The number of nitrogens with zero attached hydrogens (tertiary/aromatic N) is 7. The van der Waals surface area contributed by atoms with Crippen LogP contribution >= 0.6 is 0 Å². The minimum absolute atomic E-state index is 0.0129. The Hall–Kier alpha value is -7.83. The number of imide groups is 1. The van der Waals surface area contributed by atoms with Gasteiger partial charge in [-0.3, -0.25) is 34.3 Å². The number of carbonyl (C=O) groups is 3. The van der Waals surface area contributed by atoms with Crippen molar-refractivity contribution in [3.63, 3.8) is 0 Å². The van der Waals surface area contributed by atoms with Gasteiger partial charge in [0.25, 0.3) is 33.4 Å². The van der Waals surface area contributed by atoms with Crippen molar-refractivity contribution in [3.8, 4) is 11.6 Å². The van der Waals surface area contributed by atoms with E-state index in [1.807, 2.05) is 36.4 Å². The first-order valence-electron chi connectivity index (χ1n) is 30.7. The van der Waals surface area contributed by atoms with Crippen LogP contribution in [-0.2, 0) is 24.2 Å². The fraction of sp³-hybridized carbons (Fsp3) is 0.469. The maximum absolute atomic E-state index is 15.0. The van der Waals surface area contributed by atoms with Crippen LogP contribution in [0.4, 0.5) is 34.1 Å². The monoisotopic (exact) mass is 1200 g/mol. The first kappa shape index (κ1) is 55.7. The molecule has 87 heavy (non-hydrogen) atoms. The van der Waals surface area contributed by atoms with Crippen LogP contribution in [0.5, 0.6) is 11.6 Å². The smallest absolute Gasteiger partial charge is 0.297 e. The number of nitro benzene ring substituents is 1. The number of piperazine rings is 1. The van der Waals surface area contributed by atoms with Gasteiger partial charge >= 0.3 is 0 Å². The van der Waals surface area contributed by atoms with Crippen LogP contribution in [0.2, 0.25) is 0 Å². The molecule has 6 fully saturated rings. The molecule has 2 aromatic heterocycles. The summed E-state index contributed by atoms with van der Waals surface area (Å²) in [5, 5.41) is 16.7. The summed E-state index contributed by atoms with van der Waals surface area (Å²) in [5.41, 5.74) is 6.68. The highest BCUT2D eigenvalue weighted by Gasteiger charge is 2.51. The highest BCUT2D eigenvalue weighted by molar-refractivity contribution is 7.90. The van der Waals surface area contributed by atoms with Gasteiger partial charge in [0, 0.05) is 107 Å². The third kappa shape index (κ3) is 9.89. The van der Waals surface area contributed by atoms with E-state index in [1.54, 1.807) is 18.3 Å². The molecule has 22 nitrogen and oxygen atoms in total. The molecular formula is C64H70N10O12S. The van der Waals surface area contributed by atoms with E-state index in [0.29, 0.717) is 105 Å². The number of aromatic amines is 1. The van der Waals surface area contributed by atoms with Crippen molar-refractivity contribution < 1.29 is 51.4 Å². The number of aryl methyl sites for hydroxylation is 1. The van der Waals surface area contributed by atoms with Gasteiger partial charge in [0.2, 0.25) is 5.88 Å².